The number of carbonyl (C=O) groups is 2. The van der Waals surface area contributed by atoms with Crippen LogP contribution in [0.25, 0.3) is 0 Å². The maximum absolute atomic E-state index is 11.5. The second-order valence-electron chi connectivity index (χ2n) is 4.93. The van der Waals surface area contributed by atoms with Crippen LogP contribution in [0.2, 0.25) is 0 Å². The Balaban J connectivity index is 2.35. The van der Waals surface area contributed by atoms with E-state index >= 15 is 0 Å². The van der Waals surface area contributed by atoms with Gasteiger partial charge < -0.3 is 10.6 Å². The van der Waals surface area contributed by atoms with Crippen molar-refractivity contribution in [3.8, 4) is 0 Å². The number of amides is 3. The second-order valence-corrected chi connectivity index (χ2v) is 4.93. The molecule has 0 saturated carbocycles. The van der Waals surface area contributed by atoms with E-state index in [9.17, 15) is 9.59 Å². The smallest absolute Gasteiger partial charge is 0.321 e. The number of urea groups is 1. The van der Waals surface area contributed by atoms with Gasteiger partial charge >= 0.3 is 6.03 Å². The first-order chi connectivity index (χ1) is 9.52. The molecule has 0 aromatic heterocycles. The topological polar surface area (TPSA) is 70.2 Å². The molecule has 0 saturated heterocycles. The van der Waals surface area contributed by atoms with E-state index in [0.29, 0.717) is 12.5 Å². The molecule has 1 aromatic carbocycles. The zero-order valence-electron chi connectivity index (χ0n) is 12.3. The molecule has 0 unspecified atom stereocenters. The highest BCUT2D eigenvalue weighted by molar-refractivity contribution is 5.96. The third-order valence-corrected chi connectivity index (χ3v) is 2.82. The first-order valence-electron chi connectivity index (χ1n) is 6.94. The molecule has 0 fully saturated rings. The number of benzene rings is 1. The van der Waals surface area contributed by atoms with E-state index in [4.69, 9.17) is 0 Å². The van der Waals surface area contributed by atoms with Crippen molar-refractivity contribution in [1.82, 2.24) is 10.6 Å². The van der Waals surface area contributed by atoms with Crippen LogP contribution in [0.1, 0.15) is 38.7 Å². The summed E-state index contributed by atoms with van der Waals surface area (Å²) in [7, 11) is 0. The van der Waals surface area contributed by atoms with Crippen LogP contribution in [0.5, 0.6) is 0 Å². The van der Waals surface area contributed by atoms with Crippen LogP contribution in [0.4, 0.5) is 10.5 Å². The Morgan fingerprint density at radius 2 is 1.80 bits per heavy atom. The Morgan fingerprint density at radius 1 is 1.15 bits per heavy atom. The van der Waals surface area contributed by atoms with Crippen LogP contribution in [0.3, 0.4) is 0 Å². The molecule has 3 amide bonds. The molecule has 1 aromatic rings. The van der Waals surface area contributed by atoms with Crippen molar-refractivity contribution >= 4 is 17.6 Å². The van der Waals surface area contributed by atoms with Gasteiger partial charge in [0.1, 0.15) is 0 Å². The van der Waals surface area contributed by atoms with Gasteiger partial charge in [0.15, 0.2) is 0 Å². The molecule has 20 heavy (non-hydrogen) atoms. The van der Waals surface area contributed by atoms with Gasteiger partial charge in [-0.05, 0) is 30.0 Å². The first kappa shape index (κ1) is 16.0. The lowest BCUT2D eigenvalue weighted by Crippen LogP contribution is -2.42. The van der Waals surface area contributed by atoms with Crippen LogP contribution >= 0.6 is 0 Å². The van der Waals surface area contributed by atoms with Crippen molar-refractivity contribution in [3.05, 3.63) is 29.8 Å². The fourth-order valence-corrected chi connectivity index (χ4v) is 1.62. The van der Waals surface area contributed by atoms with Crippen molar-refractivity contribution in [2.45, 2.75) is 33.1 Å². The fourth-order valence-electron chi connectivity index (χ4n) is 1.62. The molecule has 3 N–H and O–H groups in total. The fraction of sp³-hybridized carbons (Fsp3) is 0.467. The van der Waals surface area contributed by atoms with Crippen molar-refractivity contribution in [1.29, 1.82) is 0 Å². The minimum Gasteiger partial charge on any atom is -0.376 e. The van der Waals surface area contributed by atoms with Crippen LogP contribution in [0.15, 0.2) is 24.3 Å². The summed E-state index contributed by atoms with van der Waals surface area (Å²) in [6, 6.07) is 7.46. The number of carbonyl (C=O) groups excluding carboxylic acids is 2. The number of hydrogen-bond acceptors (Lipinski definition) is 3. The van der Waals surface area contributed by atoms with Crippen LogP contribution < -0.4 is 16.0 Å². The van der Waals surface area contributed by atoms with Gasteiger partial charge in [-0.15, -0.1) is 0 Å². The summed E-state index contributed by atoms with van der Waals surface area (Å²) in [4.78, 5) is 22.8. The van der Waals surface area contributed by atoms with Crippen molar-refractivity contribution in [2.75, 3.05) is 18.4 Å². The van der Waals surface area contributed by atoms with E-state index in [0.717, 1.165) is 12.1 Å². The third kappa shape index (κ3) is 5.73. The number of rotatable bonds is 6. The standard InChI is InChI=1S/C15H23N3O2/c1-4-9-16-15(20)18-14(19)10-17-13-7-5-12(6-8-13)11(2)3/h5-8,11,17H,4,9-10H2,1-3H3,(H2,16,18,19,20). The maximum atomic E-state index is 11.5. The van der Waals surface area contributed by atoms with E-state index < -0.39 is 6.03 Å². The quantitative estimate of drug-likeness (QED) is 0.748. The largest absolute Gasteiger partial charge is 0.376 e. The van der Waals surface area contributed by atoms with E-state index in [-0.39, 0.29) is 12.5 Å². The minimum absolute atomic E-state index is 0.0700. The van der Waals surface area contributed by atoms with Gasteiger partial charge in [-0.25, -0.2) is 4.79 Å². The van der Waals surface area contributed by atoms with Crippen LogP contribution in [0, 0.1) is 0 Å². The van der Waals surface area contributed by atoms with Gasteiger partial charge in [0.25, 0.3) is 0 Å². The average Bonchev–Trinajstić information content (AvgIpc) is 2.43. The molecule has 0 aliphatic rings. The Labute approximate surface area is 120 Å². The highest BCUT2D eigenvalue weighted by atomic mass is 16.2. The SMILES string of the molecule is CCCNC(=O)NC(=O)CNc1ccc(C(C)C)cc1. The number of imide groups is 1. The van der Waals surface area contributed by atoms with Gasteiger partial charge in [0.05, 0.1) is 6.54 Å². The number of nitrogens with one attached hydrogen (secondary N) is 3. The highest BCUT2D eigenvalue weighted by Gasteiger charge is 2.06. The monoisotopic (exact) mass is 277 g/mol. The third-order valence-electron chi connectivity index (χ3n) is 2.82. The van der Waals surface area contributed by atoms with Gasteiger partial charge in [0, 0.05) is 12.2 Å². The zero-order chi connectivity index (χ0) is 15.0. The minimum atomic E-state index is -0.450. The van der Waals surface area contributed by atoms with Gasteiger partial charge in [0.2, 0.25) is 5.91 Å². The summed E-state index contributed by atoms with van der Waals surface area (Å²) in [5.74, 6) is 0.126. The summed E-state index contributed by atoms with van der Waals surface area (Å²) in [5.41, 5.74) is 2.11. The lowest BCUT2D eigenvalue weighted by atomic mass is 10.0. The van der Waals surface area contributed by atoms with Gasteiger partial charge in [-0.2, -0.15) is 0 Å². The molecule has 0 radical (unpaired) electrons. The normalized spacial score (nSPS) is 10.2. The summed E-state index contributed by atoms with van der Waals surface area (Å²) >= 11 is 0. The molecule has 0 bridgehead atoms. The summed E-state index contributed by atoms with van der Waals surface area (Å²) in [6.07, 6.45) is 0.835. The van der Waals surface area contributed by atoms with Crippen LogP contribution in [-0.4, -0.2) is 25.0 Å². The summed E-state index contributed by atoms with van der Waals surface area (Å²) < 4.78 is 0. The van der Waals surface area contributed by atoms with E-state index in [2.05, 4.69) is 29.8 Å². The molecule has 5 nitrogen and oxygen atoms in total. The van der Waals surface area contributed by atoms with Gasteiger partial charge in [-0.3, -0.25) is 10.1 Å². The predicted octanol–water partition coefficient (Wildman–Crippen LogP) is 2.46. The first-order valence-corrected chi connectivity index (χ1v) is 6.94. The summed E-state index contributed by atoms with van der Waals surface area (Å²) in [5, 5.41) is 7.83. The highest BCUT2D eigenvalue weighted by Crippen LogP contribution is 2.16. The van der Waals surface area contributed by atoms with E-state index in [1.807, 2.05) is 31.2 Å². The Morgan fingerprint density at radius 3 is 2.35 bits per heavy atom. The molecule has 110 valence electrons. The molecule has 1 rings (SSSR count). The molecule has 0 aliphatic heterocycles. The predicted molar refractivity (Wildman–Crippen MR) is 80.9 cm³/mol. The average molecular weight is 277 g/mol. The molecule has 0 atom stereocenters. The lowest BCUT2D eigenvalue weighted by Gasteiger charge is -2.09. The van der Waals surface area contributed by atoms with Gasteiger partial charge in [-0.1, -0.05) is 32.9 Å². The molecule has 0 heterocycles. The van der Waals surface area contributed by atoms with E-state index in [1.54, 1.807) is 0 Å². The van der Waals surface area contributed by atoms with Crippen molar-refractivity contribution in [2.24, 2.45) is 0 Å². The molecular weight excluding hydrogens is 254 g/mol. The number of hydrogen-bond donors (Lipinski definition) is 3. The summed E-state index contributed by atoms with van der Waals surface area (Å²) in [6.45, 7) is 6.84. The van der Waals surface area contributed by atoms with Crippen molar-refractivity contribution in [3.63, 3.8) is 0 Å². The maximum Gasteiger partial charge on any atom is 0.321 e. The molecule has 5 heteroatoms. The Hall–Kier alpha value is -2.04. The number of anilines is 1. The van der Waals surface area contributed by atoms with Crippen LogP contribution in [-0.2, 0) is 4.79 Å². The molecule has 0 spiro atoms. The zero-order valence-corrected chi connectivity index (χ0v) is 12.3. The Kier molecular flexibility index (Phi) is 6.56. The second kappa shape index (κ2) is 8.19. The van der Waals surface area contributed by atoms with E-state index in [1.165, 1.54) is 5.56 Å². The Bertz CT molecular complexity index is 441. The van der Waals surface area contributed by atoms with Crippen molar-refractivity contribution < 1.29 is 9.59 Å². The lowest BCUT2D eigenvalue weighted by molar-refractivity contribution is -0.118. The molecule has 0 aliphatic carbocycles. The molecular formula is C15H23N3O2.